The molecule has 0 atom stereocenters. The minimum absolute atomic E-state index is 0.0110. The van der Waals surface area contributed by atoms with Gasteiger partial charge in [0.25, 0.3) is 5.91 Å². The lowest BCUT2D eigenvalue weighted by atomic mass is 10.1. The minimum Gasteiger partial charge on any atom is -0.347 e. The van der Waals surface area contributed by atoms with Gasteiger partial charge in [-0.2, -0.15) is 0 Å². The fourth-order valence-corrected chi connectivity index (χ4v) is 3.29. The summed E-state index contributed by atoms with van der Waals surface area (Å²) in [6.45, 7) is 2.37. The zero-order chi connectivity index (χ0) is 16.9. The van der Waals surface area contributed by atoms with Crippen molar-refractivity contribution in [2.45, 2.75) is 13.5 Å². The number of ketones is 1. The van der Waals surface area contributed by atoms with Crippen molar-refractivity contribution in [2.75, 3.05) is 0 Å². The molecule has 3 nitrogen and oxygen atoms in total. The fourth-order valence-electron chi connectivity index (χ4n) is 2.38. The van der Waals surface area contributed by atoms with Gasteiger partial charge in [-0.3, -0.25) is 9.59 Å². The molecule has 0 aliphatic carbocycles. The summed E-state index contributed by atoms with van der Waals surface area (Å²) in [4.78, 5) is 26.2. The summed E-state index contributed by atoms with van der Waals surface area (Å²) < 4.78 is 0. The minimum atomic E-state index is -0.108. The van der Waals surface area contributed by atoms with Gasteiger partial charge in [0.05, 0.1) is 11.4 Å². The SMILES string of the molecule is Cc1cccc(C(=O)NCc2ccc(C(=O)c3ccccc3)s2)c1. The largest absolute Gasteiger partial charge is 0.347 e. The molecular formula is C20H17NO2S. The molecule has 0 spiro atoms. The van der Waals surface area contributed by atoms with E-state index in [4.69, 9.17) is 0 Å². The fraction of sp³-hybridized carbons (Fsp3) is 0.100. The van der Waals surface area contributed by atoms with Gasteiger partial charge in [0.1, 0.15) is 0 Å². The molecule has 2 aromatic carbocycles. The molecule has 0 bridgehead atoms. The van der Waals surface area contributed by atoms with E-state index in [-0.39, 0.29) is 11.7 Å². The van der Waals surface area contributed by atoms with Gasteiger partial charge in [-0.25, -0.2) is 0 Å². The van der Waals surface area contributed by atoms with Crippen LogP contribution in [0.15, 0.2) is 66.7 Å². The number of nitrogens with one attached hydrogen (secondary N) is 1. The second-order valence-electron chi connectivity index (χ2n) is 5.51. The summed E-state index contributed by atoms with van der Waals surface area (Å²) >= 11 is 1.41. The lowest BCUT2D eigenvalue weighted by Gasteiger charge is -2.04. The first-order valence-corrected chi connectivity index (χ1v) is 8.48. The number of thiophene rings is 1. The molecular weight excluding hydrogens is 318 g/mol. The third-order valence-corrected chi connectivity index (χ3v) is 4.71. The van der Waals surface area contributed by atoms with Crippen LogP contribution in [0.5, 0.6) is 0 Å². The summed E-state index contributed by atoms with van der Waals surface area (Å²) in [6, 6.07) is 20.4. The van der Waals surface area contributed by atoms with Gasteiger partial charge in [-0.15, -0.1) is 11.3 Å². The van der Waals surface area contributed by atoms with Crippen molar-refractivity contribution in [3.63, 3.8) is 0 Å². The van der Waals surface area contributed by atoms with Crippen LogP contribution in [0, 0.1) is 6.92 Å². The lowest BCUT2D eigenvalue weighted by molar-refractivity contribution is 0.0950. The van der Waals surface area contributed by atoms with E-state index in [1.165, 1.54) is 11.3 Å². The number of benzene rings is 2. The third kappa shape index (κ3) is 3.78. The molecule has 1 aromatic heterocycles. The van der Waals surface area contributed by atoms with Crippen molar-refractivity contribution in [3.8, 4) is 0 Å². The Kier molecular flexibility index (Phi) is 4.87. The molecule has 3 rings (SSSR count). The Morgan fingerprint density at radius 2 is 1.67 bits per heavy atom. The van der Waals surface area contributed by atoms with E-state index in [2.05, 4.69) is 5.32 Å². The van der Waals surface area contributed by atoms with E-state index in [0.29, 0.717) is 22.5 Å². The van der Waals surface area contributed by atoms with Crippen LogP contribution in [0.4, 0.5) is 0 Å². The Bertz CT molecular complexity index is 868. The molecule has 0 saturated heterocycles. The monoisotopic (exact) mass is 335 g/mol. The van der Waals surface area contributed by atoms with Crippen LogP contribution in [0.2, 0.25) is 0 Å². The van der Waals surface area contributed by atoms with Gasteiger partial charge in [-0.1, -0.05) is 48.0 Å². The second kappa shape index (κ2) is 7.23. The first-order valence-electron chi connectivity index (χ1n) is 7.67. The molecule has 0 aliphatic rings. The topological polar surface area (TPSA) is 46.2 Å². The number of carbonyl (C=O) groups excluding carboxylic acids is 2. The highest BCUT2D eigenvalue weighted by atomic mass is 32.1. The van der Waals surface area contributed by atoms with E-state index in [1.807, 2.05) is 55.5 Å². The lowest BCUT2D eigenvalue weighted by Crippen LogP contribution is -2.22. The Hall–Kier alpha value is -2.72. The molecule has 24 heavy (non-hydrogen) atoms. The highest BCUT2D eigenvalue weighted by Gasteiger charge is 2.12. The van der Waals surface area contributed by atoms with Gasteiger partial charge >= 0.3 is 0 Å². The highest BCUT2D eigenvalue weighted by Crippen LogP contribution is 2.20. The van der Waals surface area contributed by atoms with Crippen molar-refractivity contribution >= 4 is 23.0 Å². The van der Waals surface area contributed by atoms with Crippen LogP contribution in [-0.2, 0) is 6.54 Å². The highest BCUT2D eigenvalue weighted by molar-refractivity contribution is 7.14. The molecule has 1 amide bonds. The molecule has 1 N–H and O–H groups in total. The zero-order valence-electron chi connectivity index (χ0n) is 13.3. The van der Waals surface area contributed by atoms with Crippen LogP contribution in [0.1, 0.15) is 36.0 Å². The summed E-state index contributed by atoms with van der Waals surface area (Å²) in [6.07, 6.45) is 0. The summed E-state index contributed by atoms with van der Waals surface area (Å²) in [5.41, 5.74) is 2.37. The molecule has 4 heteroatoms. The van der Waals surface area contributed by atoms with Crippen molar-refractivity contribution in [2.24, 2.45) is 0 Å². The molecule has 3 aromatic rings. The zero-order valence-corrected chi connectivity index (χ0v) is 14.1. The summed E-state index contributed by atoms with van der Waals surface area (Å²) in [5.74, 6) is -0.0973. The van der Waals surface area contributed by atoms with Gasteiger partial charge in [0, 0.05) is 16.0 Å². The Balaban J connectivity index is 1.64. The van der Waals surface area contributed by atoms with Gasteiger partial charge < -0.3 is 5.32 Å². The van der Waals surface area contributed by atoms with Crippen LogP contribution in [-0.4, -0.2) is 11.7 Å². The van der Waals surface area contributed by atoms with Crippen molar-refractivity contribution in [1.82, 2.24) is 5.32 Å². The molecule has 0 saturated carbocycles. The third-order valence-electron chi connectivity index (χ3n) is 3.62. The summed E-state index contributed by atoms with van der Waals surface area (Å²) in [5, 5.41) is 2.89. The Labute approximate surface area is 145 Å². The number of amides is 1. The number of hydrogen-bond donors (Lipinski definition) is 1. The van der Waals surface area contributed by atoms with E-state index in [9.17, 15) is 9.59 Å². The molecule has 0 unspecified atom stereocenters. The van der Waals surface area contributed by atoms with Crippen molar-refractivity contribution in [3.05, 3.63) is 93.2 Å². The maximum Gasteiger partial charge on any atom is 0.251 e. The van der Waals surface area contributed by atoms with E-state index < -0.39 is 0 Å². The average molecular weight is 335 g/mol. The first kappa shape index (κ1) is 16.1. The second-order valence-corrected chi connectivity index (χ2v) is 6.68. The molecule has 1 heterocycles. The number of carbonyl (C=O) groups is 2. The van der Waals surface area contributed by atoms with Gasteiger partial charge in [0.2, 0.25) is 5.78 Å². The first-order chi connectivity index (χ1) is 11.6. The normalized spacial score (nSPS) is 10.4. The van der Waals surface area contributed by atoms with E-state index in [0.717, 1.165) is 10.4 Å². The quantitative estimate of drug-likeness (QED) is 0.710. The van der Waals surface area contributed by atoms with Crippen LogP contribution < -0.4 is 5.32 Å². The predicted octanol–water partition coefficient (Wildman–Crippen LogP) is 4.22. The number of aryl methyl sites for hydroxylation is 1. The number of rotatable bonds is 5. The van der Waals surface area contributed by atoms with Gasteiger partial charge in [-0.05, 0) is 31.2 Å². The predicted molar refractivity (Wildman–Crippen MR) is 96.5 cm³/mol. The van der Waals surface area contributed by atoms with Crippen LogP contribution in [0.25, 0.3) is 0 Å². The van der Waals surface area contributed by atoms with E-state index in [1.54, 1.807) is 18.2 Å². The van der Waals surface area contributed by atoms with Crippen molar-refractivity contribution < 1.29 is 9.59 Å². The van der Waals surface area contributed by atoms with Gasteiger partial charge in [0.15, 0.2) is 0 Å². The average Bonchev–Trinajstić information content (AvgIpc) is 3.09. The maximum absolute atomic E-state index is 12.4. The van der Waals surface area contributed by atoms with E-state index >= 15 is 0 Å². The molecule has 0 fully saturated rings. The maximum atomic E-state index is 12.4. The Morgan fingerprint density at radius 3 is 2.42 bits per heavy atom. The summed E-state index contributed by atoms with van der Waals surface area (Å²) in [7, 11) is 0. The van der Waals surface area contributed by atoms with Crippen LogP contribution >= 0.6 is 11.3 Å². The molecule has 0 aliphatic heterocycles. The molecule has 0 radical (unpaired) electrons. The van der Waals surface area contributed by atoms with Crippen molar-refractivity contribution in [1.29, 1.82) is 0 Å². The Morgan fingerprint density at radius 1 is 0.917 bits per heavy atom. The number of hydrogen-bond acceptors (Lipinski definition) is 3. The molecule has 120 valence electrons. The van der Waals surface area contributed by atoms with Crippen LogP contribution in [0.3, 0.4) is 0 Å². The smallest absolute Gasteiger partial charge is 0.251 e. The standard InChI is InChI=1S/C20H17NO2S/c1-14-6-5-9-16(12-14)20(23)21-13-17-10-11-18(24-17)19(22)15-7-3-2-4-8-15/h2-12H,13H2,1H3,(H,21,23).